The van der Waals surface area contributed by atoms with E-state index in [0.29, 0.717) is 18.9 Å². The number of fused-ring (bicyclic) bond motifs is 1. The van der Waals surface area contributed by atoms with Crippen molar-refractivity contribution in [1.29, 1.82) is 0 Å². The first-order valence-electron chi connectivity index (χ1n) is 10.6. The second kappa shape index (κ2) is 7.46. The Balaban J connectivity index is 1.52. The molecular weight excluding hydrogens is 409 g/mol. The number of nitrogens with zero attached hydrogens (tertiary/aromatic N) is 1. The number of alkyl halides is 2. The lowest BCUT2D eigenvalue weighted by Crippen LogP contribution is -2.64. The monoisotopic (exact) mass is 437 g/mol. The third-order valence-corrected chi connectivity index (χ3v) is 8.24. The van der Waals surface area contributed by atoms with E-state index >= 15 is 0 Å². The number of rotatable bonds is 3. The Morgan fingerprint density at radius 1 is 1.17 bits per heavy atom. The largest absolute Gasteiger partial charge is 0.446 e. The molecule has 1 aromatic rings. The van der Waals surface area contributed by atoms with Crippen LogP contribution in [0.25, 0.3) is 0 Å². The molecule has 0 N–H and O–H groups in total. The average Bonchev–Trinajstić information content (AvgIpc) is 3.12. The fraction of sp³-hybridized carbons (Fsp3) is 0.652. The van der Waals surface area contributed by atoms with E-state index in [4.69, 9.17) is 27.9 Å². The van der Waals surface area contributed by atoms with Crippen molar-refractivity contribution < 1.29 is 14.3 Å². The smallest absolute Gasteiger partial charge is 0.410 e. The molecule has 1 saturated heterocycles. The molecule has 4 nitrogen and oxygen atoms in total. The normalized spacial score (nSPS) is 33.8. The van der Waals surface area contributed by atoms with Gasteiger partial charge in [0.2, 0.25) is 0 Å². The first kappa shape index (κ1) is 21.0. The van der Waals surface area contributed by atoms with E-state index in [-0.39, 0.29) is 35.2 Å². The van der Waals surface area contributed by atoms with E-state index in [1.807, 2.05) is 6.07 Å². The molecular formula is C23H29Cl2NO3. The van der Waals surface area contributed by atoms with Crippen LogP contribution in [0.3, 0.4) is 0 Å². The highest BCUT2D eigenvalue weighted by Gasteiger charge is 2.66. The number of ketones is 1. The summed E-state index contributed by atoms with van der Waals surface area (Å²) in [6, 6.07) is 9.97. The Morgan fingerprint density at radius 3 is 2.55 bits per heavy atom. The van der Waals surface area contributed by atoms with Gasteiger partial charge in [-0.15, -0.1) is 0 Å². The van der Waals surface area contributed by atoms with Gasteiger partial charge in [-0.1, -0.05) is 80.7 Å². The van der Waals surface area contributed by atoms with Gasteiger partial charge in [0.15, 0.2) is 10.1 Å². The van der Waals surface area contributed by atoms with Crippen LogP contribution in [-0.2, 0) is 14.9 Å². The standard InChI is InChI=1S/C23H29Cl2NO3/c1-14-9-10-17(22(2,3)15-7-5-4-6-8-15)18(13-14)29-21(28)26-12-11-16-19(26)23(24,25)20(16)27/h4-8,14,16-19H,9-13H2,1-3H3/t14-,16+,17-,18-,19-/m1/s1. The molecule has 1 amide bonds. The Kier molecular flexibility index (Phi) is 5.40. The van der Waals surface area contributed by atoms with Gasteiger partial charge in [0.05, 0.1) is 6.04 Å². The molecule has 0 aromatic heterocycles. The molecule has 3 aliphatic rings. The molecule has 3 fully saturated rings. The van der Waals surface area contributed by atoms with Crippen molar-refractivity contribution in [1.82, 2.24) is 4.90 Å². The van der Waals surface area contributed by atoms with Crippen molar-refractivity contribution in [2.45, 2.75) is 68.3 Å². The zero-order chi connectivity index (χ0) is 21.0. The average molecular weight is 438 g/mol. The summed E-state index contributed by atoms with van der Waals surface area (Å²) in [6.07, 6.45) is 3.05. The van der Waals surface area contributed by atoms with E-state index in [0.717, 1.165) is 19.3 Å². The van der Waals surface area contributed by atoms with Gasteiger partial charge in [0.1, 0.15) is 6.10 Å². The van der Waals surface area contributed by atoms with Gasteiger partial charge >= 0.3 is 6.09 Å². The van der Waals surface area contributed by atoms with E-state index < -0.39 is 10.4 Å². The van der Waals surface area contributed by atoms with Crippen LogP contribution in [0.2, 0.25) is 0 Å². The minimum Gasteiger partial charge on any atom is -0.446 e. The molecule has 158 valence electrons. The van der Waals surface area contributed by atoms with Gasteiger partial charge in [-0.3, -0.25) is 4.79 Å². The Morgan fingerprint density at radius 2 is 1.86 bits per heavy atom. The predicted octanol–water partition coefficient (Wildman–Crippen LogP) is 5.35. The summed E-state index contributed by atoms with van der Waals surface area (Å²) in [6.45, 7) is 7.16. The zero-order valence-electron chi connectivity index (χ0n) is 17.2. The van der Waals surface area contributed by atoms with Crippen LogP contribution in [0.15, 0.2) is 30.3 Å². The van der Waals surface area contributed by atoms with Crippen LogP contribution >= 0.6 is 23.2 Å². The highest BCUT2D eigenvalue weighted by molar-refractivity contribution is 6.61. The molecule has 1 aliphatic heterocycles. The fourth-order valence-corrected chi connectivity index (χ4v) is 6.40. The molecule has 0 unspecified atom stereocenters. The van der Waals surface area contributed by atoms with Crippen molar-refractivity contribution in [3.63, 3.8) is 0 Å². The van der Waals surface area contributed by atoms with E-state index in [9.17, 15) is 9.59 Å². The van der Waals surface area contributed by atoms with Crippen LogP contribution in [0, 0.1) is 17.8 Å². The third-order valence-electron chi connectivity index (χ3n) is 7.42. The SMILES string of the molecule is C[C@@H]1CC[C@@H](C(C)(C)c2ccccc2)[C@H](OC(=O)N2CC[C@@H]3C(=O)C(Cl)(Cl)[C@@H]32)C1. The Hall–Kier alpha value is -1.26. The molecule has 1 aromatic carbocycles. The van der Waals surface area contributed by atoms with Crippen LogP contribution < -0.4 is 0 Å². The minimum atomic E-state index is -1.50. The number of amides is 1. The first-order valence-corrected chi connectivity index (χ1v) is 11.3. The predicted molar refractivity (Wildman–Crippen MR) is 114 cm³/mol. The molecule has 29 heavy (non-hydrogen) atoms. The Labute approximate surface area is 182 Å². The van der Waals surface area contributed by atoms with Gasteiger partial charge in [0, 0.05) is 18.4 Å². The lowest BCUT2D eigenvalue weighted by atomic mass is 9.64. The lowest BCUT2D eigenvalue weighted by molar-refractivity contribution is -0.133. The van der Waals surface area contributed by atoms with Crippen molar-refractivity contribution >= 4 is 35.1 Å². The molecule has 0 radical (unpaired) electrons. The van der Waals surface area contributed by atoms with Crippen molar-refractivity contribution in [3.05, 3.63) is 35.9 Å². The van der Waals surface area contributed by atoms with Gasteiger partial charge in [-0.25, -0.2) is 4.79 Å². The van der Waals surface area contributed by atoms with Crippen LogP contribution in [-0.4, -0.2) is 39.8 Å². The molecule has 2 aliphatic carbocycles. The number of Topliss-reactive ketones (excluding diaryl/α,β-unsaturated/α-hetero) is 1. The summed E-state index contributed by atoms with van der Waals surface area (Å²) in [4.78, 5) is 26.7. The van der Waals surface area contributed by atoms with Crippen molar-refractivity contribution in [2.24, 2.45) is 17.8 Å². The molecule has 6 heteroatoms. The van der Waals surface area contributed by atoms with Gasteiger partial charge < -0.3 is 9.64 Å². The van der Waals surface area contributed by atoms with E-state index in [1.165, 1.54) is 5.56 Å². The molecule has 0 bridgehead atoms. The van der Waals surface area contributed by atoms with Crippen molar-refractivity contribution in [2.75, 3.05) is 6.54 Å². The third kappa shape index (κ3) is 3.46. The van der Waals surface area contributed by atoms with Gasteiger partial charge in [-0.2, -0.15) is 0 Å². The fourth-order valence-electron chi connectivity index (χ4n) is 5.58. The number of carbonyl (C=O) groups excluding carboxylic acids is 2. The summed E-state index contributed by atoms with van der Waals surface area (Å²) in [5.74, 6) is 0.311. The lowest BCUT2D eigenvalue weighted by Gasteiger charge is -2.46. The second-order valence-corrected chi connectivity index (χ2v) is 10.9. The molecule has 1 heterocycles. The summed E-state index contributed by atoms with van der Waals surface area (Å²) in [7, 11) is 0. The zero-order valence-corrected chi connectivity index (χ0v) is 18.7. The summed E-state index contributed by atoms with van der Waals surface area (Å²) in [5, 5.41) is 0. The highest BCUT2D eigenvalue weighted by Crippen LogP contribution is 2.52. The summed E-state index contributed by atoms with van der Waals surface area (Å²) >= 11 is 12.4. The summed E-state index contributed by atoms with van der Waals surface area (Å²) in [5.41, 5.74) is 1.14. The number of hydrogen-bond acceptors (Lipinski definition) is 3. The van der Waals surface area contributed by atoms with Crippen LogP contribution in [0.5, 0.6) is 0 Å². The molecule has 2 saturated carbocycles. The van der Waals surface area contributed by atoms with Gasteiger partial charge in [0.25, 0.3) is 0 Å². The second-order valence-electron chi connectivity index (χ2n) is 9.56. The van der Waals surface area contributed by atoms with Crippen LogP contribution in [0.1, 0.15) is 52.0 Å². The number of carbonyl (C=O) groups is 2. The molecule has 0 spiro atoms. The maximum Gasteiger partial charge on any atom is 0.410 e. The van der Waals surface area contributed by atoms with Gasteiger partial charge in [-0.05, 0) is 36.2 Å². The van der Waals surface area contributed by atoms with Crippen LogP contribution in [0.4, 0.5) is 4.79 Å². The Bertz CT molecular complexity index is 795. The quantitative estimate of drug-likeness (QED) is 0.598. The number of ether oxygens (including phenoxy) is 1. The summed E-state index contributed by atoms with van der Waals surface area (Å²) < 4.78 is 4.61. The number of benzene rings is 1. The maximum absolute atomic E-state index is 13.1. The maximum atomic E-state index is 13.1. The number of likely N-dealkylation sites (tertiary alicyclic amines) is 1. The highest BCUT2D eigenvalue weighted by atomic mass is 35.5. The molecule has 5 atom stereocenters. The topological polar surface area (TPSA) is 46.6 Å². The van der Waals surface area contributed by atoms with E-state index in [1.54, 1.807) is 4.90 Å². The molecule has 4 rings (SSSR count). The number of hydrogen-bond donors (Lipinski definition) is 0. The van der Waals surface area contributed by atoms with Crippen molar-refractivity contribution in [3.8, 4) is 0 Å². The first-order chi connectivity index (χ1) is 13.6. The number of halogens is 2. The minimum absolute atomic E-state index is 0.116. The van der Waals surface area contributed by atoms with E-state index in [2.05, 4.69) is 45.0 Å².